The molecule has 0 saturated heterocycles. The first-order chi connectivity index (χ1) is 29.9. The topological polar surface area (TPSA) is 9.72 Å². The van der Waals surface area contributed by atoms with Crippen LogP contribution in [0, 0.1) is 6.92 Å². The standard InChI is InChI=1S/C57H58BN3S2/c1-35-32-45-50-46(33-35)61-43-17-13-15-19-48(43)62-47-18-14-12-16-42(47)59(38-24-20-36(21-25-38)54(2,3)4)40-28-29-41(44(61)34-40)58(50)53-51(49-52(63-53)57(10,11)31-30-56(49,8)9)60(45)39-26-22-37(23-27-39)55(5,6)7/h12-29,32-34H,30-31H2,1-11H3. The van der Waals surface area contributed by atoms with Crippen molar-refractivity contribution in [3.63, 3.8) is 0 Å². The number of hydrogen-bond acceptors (Lipinski definition) is 5. The van der Waals surface area contributed by atoms with Gasteiger partial charge in [0, 0.05) is 53.6 Å². The molecule has 1 aromatic heterocycles. The van der Waals surface area contributed by atoms with Crippen molar-refractivity contribution in [2.45, 2.75) is 120 Å². The molecule has 3 nitrogen and oxygen atoms in total. The Kier molecular flexibility index (Phi) is 8.97. The summed E-state index contributed by atoms with van der Waals surface area (Å²) in [7, 11) is 0. The minimum Gasteiger partial charge on any atom is -0.310 e. The molecule has 3 aliphatic heterocycles. The van der Waals surface area contributed by atoms with Crippen molar-refractivity contribution in [3.05, 3.63) is 155 Å². The van der Waals surface area contributed by atoms with E-state index in [-0.39, 0.29) is 28.4 Å². The van der Waals surface area contributed by atoms with Gasteiger partial charge >= 0.3 is 0 Å². The molecule has 7 aromatic rings. The largest absolute Gasteiger partial charge is 0.310 e. The highest BCUT2D eigenvalue weighted by Crippen LogP contribution is 2.57. The quantitative estimate of drug-likeness (QED) is 0.160. The van der Waals surface area contributed by atoms with Gasteiger partial charge in [0.05, 0.1) is 17.1 Å². The van der Waals surface area contributed by atoms with Gasteiger partial charge in [-0.05, 0) is 147 Å². The lowest BCUT2D eigenvalue weighted by atomic mass is 9.36. The van der Waals surface area contributed by atoms with Crippen LogP contribution < -0.4 is 30.4 Å². The first-order valence-corrected chi connectivity index (χ1v) is 24.5. The second kappa shape index (κ2) is 13.9. The van der Waals surface area contributed by atoms with Gasteiger partial charge in [-0.15, -0.1) is 0 Å². The predicted molar refractivity (Wildman–Crippen MR) is 275 cm³/mol. The van der Waals surface area contributed by atoms with E-state index in [4.69, 9.17) is 0 Å². The van der Waals surface area contributed by atoms with Gasteiger partial charge in [0.1, 0.15) is 0 Å². The fourth-order valence-corrected chi connectivity index (χ4v) is 13.6. The van der Waals surface area contributed by atoms with Gasteiger partial charge in [0.25, 0.3) is 6.71 Å². The second-order valence-corrected chi connectivity index (χ2v) is 24.0. The van der Waals surface area contributed by atoms with Gasteiger partial charge in [-0.1, -0.05) is 136 Å². The smallest absolute Gasteiger partial charge is 0.264 e. The van der Waals surface area contributed by atoms with Crippen LogP contribution in [0.15, 0.2) is 137 Å². The van der Waals surface area contributed by atoms with Crippen LogP contribution in [0.4, 0.5) is 51.2 Å². The summed E-state index contributed by atoms with van der Waals surface area (Å²) in [4.78, 5) is 11.8. The van der Waals surface area contributed by atoms with E-state index in [2.05, 4.69) is 230 Å². The van der Waals surface area contributed by atoms with Crippen molar-refractivity contribution in [1.82, 2.24) is 0 Å². The average molecular weight is 860 g/mol. The minimum absolute atomic E-state index is 0.0275. The number of hydrogen-bond donors (Lipinski definition) is 0. The maximum Gasteiger partial charge on any atom is 0.264 e. The van der Waals surface area contributed by atoms with Crippen LogP contribution in [0.25, 0.3) is 0 Å². The zero-order valence-corrected chi connectivity index (χ0v) is 40.4. The molecule has 316 valence electrons. The van der Waals surface area contributed by atoms with Crippen molar-refractivity contribution in [1.29, 1.82) is 0 Å². The Morgan fingerprint density at radius 2 is 1.03 bits per heavy atom. The molecule has 0 spiro atoms. The maximum atomic E-state index is 2.68. The van der Waals surface area contributed by atoms with Gasteiger partial charge in [0.2, 0.25) is 0 Å². The summed E-state index contributed by atoms with van der Waals surface area (Å²) in [5.74, 6) is 0. The monoisotopic (exact) mass is 859 g/mol. The van der Waals surface area contributed by atoms with Crippen molar-refractivity contribution in [2.75, 3.05) is 14.7 Å². The van der Waals surface area contributed by atoms with Gasteiger partial charge in [-0.2, -0.15) is 11.3 Å². The maximum absolute atomic E-state index is 2.68. The summed E-state index contributed by atoms with van der Waals surface area (Å²) >= 11 is 3.98. The molecule has 2 bridgehead atoms. The van der Waals surface area contributed by atoms with Crippen LogP contribution in [0.5, 0.6) is 0 Å². The molecule has 0 saturated carbocycles. The average Bonchev–Trinajstić information content (AvgIpc) is 3.66. The lowest BCUT2D eigenvalue weighted by molar-refractivity contribution is 0.339. The summed E-state index contributed by atoms with van der Waals surface area (Å²) < 4.78 is 1.48. The van der Waals surface area contributed by atoms with E-state index in [1.807, 2.05) is 11.8 Å². The van der Waals surface area contributed by atoms with Crippen LogP contribution in [0.2, 0.25) is 0 Å². The highest BCUT2D eigenvalue weighted by molar-refractivity contribution is 7.99. The predicted octanol–water partition coefficient (Wildman–Crippen LogP) is 15.0. The molecule has 0 fully saturated rings. The number of anilines is 9. The Morgan fingerprint density at radius 1 is 0.524 bits per heavy atom. The fourth-order valence-electron chi connectivity index (χ4n) is 10.8. The lowest BCUT2D eigenvalue weighted by Gasteiger charge is -2.46. The van der Waals surface area contributed by atoms with Crippen LogP contribution in [0.3, 0.4) is 0 Å². The zero-order valence-electron chi connectivity index (χ0n) is 38.8. The van der Waals surface area contributed by atoms with Crippen LogP contribution in [-0.4, -0.2) is 6.71 Å². The van der Waals surface area contributed by atoms with Gasteiger partial charge in [-0.25, -0.2) is 0 Å². The highest BCUT2D eigenvalue weighted by Gasteiger charge is 2.51. The first kappa shape index (κ1) is 40.6. The van der Waals surface area contributed by atoms with E-state index in [9.17, 15) is 0 Å². The third-order valence-electron chi connectivity index (χ3n) is 14.4. The molecule has 6 heteroatoms. The van der Waals surface area contributed by atoms with Crippen molar-refractivity contribution in [2.24, 2.45) is 0 Å². The molecule has 4 heterocycles. The summed E-state index contributed by atoms with van der Waals surface area (Å²) in [6.45, 7) is 26.2. The Labute approximate surface area is 384 Å². The van der Waals surface area contributed by atoms with E-state index in [0.717, 1.165) is 11.4 Å². The van der Waals surface area contributed by atoms with Crippen LogP contribution in [0.1, 0.15) is 109 Å². The Morgan fingerprint density at radius 3 is 1.62 bits per heavy atom. The second-order valence-electron chi connectivity index (χ2n) is 21.8. The van der Waals surface area contributed by atoms with Crippen LogP contribution in [-0.2, 0) is 21.7 Å². The molecule has 0 N–H and O–H groups in total. The van der Waals surface area contributed by atoms with Crippen LogP contribution >= 0.6 is 23.1 Å². The number of aryl methyl sites for hydroxylation is 1. The van der Waals surface area contributed by atoms with Gasteiger partial charge < -0.3 is 14.7 Å². The fraction of sp³-hybridized carbons (Fsp3) is 0.298. The van der Waals surface area contributed by atoms with Crippen molar-refractivity contribution < 1.29 is 0 Å². The SMILES string of the molecule is Cc1cc2c3c(c1)N(c1ccc(C(C)(C)C)cc1)c1c(sc4c1C(C)(C)CCC4(C)C)B3c1ccc3cc1N2c1ccccc1Sc1ccccc1N3c1ccc(C(C)(C)C)cc1. The molecule has 0 amide bonds. The van der Waals surface area contributed by atoms with Crippen molar-refractivity contribution in [3.8, 4) is 0 Å². The van der Waals surface area contributed by atoms with E-state index < -0.39 is 0 Å². The number of rotatable bonds is 2. The molecular formula is C57H58BN3S2. The number of fused-ring (bicyclic) bond motifs is 10. The van der Waals surface area contributed by atoms with Gasteiger partial charge in [0.15, 0.2) is 0 Å². The van der Waals surface area contributed by atoms with E-state index in [1.54, 1.807) is 10.4 Å². The first-order valence-electron chi connectivity index (χ1n) is 22.8. The Hall–Kier alpha value is -5.17. The normalized spacial score (nSPS) is 16.7. The molecule has 0 atom stereocenters. The molecule has 6 aromatic carbocycles. The molecule has 0 radical (unpaired) electrons. The molecule has 4 aliphatic rings. The lowest BCUT2D eigenvalue weighted by Crippen LogP contribution is -2.60. The van der Waals surface area contributed by atoms with E-state index >= 15 is 0 Å². The number of nitrogens with zero attached hydrogens (tertiary/aromatic N) is 3. The van der Waals surface area contributed by atoms with Crippen molar-refractivity contribution >= 4 is 96.7 Å². The number of benzene rings is 6. The third kappa shape index (κ3) is 6.29. The Balaban J connectivity index is 1.23. The Bertz CT molecular complexity index is 2980. The van der Waals surface area contributed by atoms with Gasteiger partial charge in [-0.3, -0.25) is 0 Å². The van der Waals surface area contributed by atoms with E-state index in [0.29, 0.717) is 0 Å². The van der Waals surface area contributed by atoms with E-state index in [1.165, 1.54) is 94.8 Å². The molecule has 63 heavy (non-hydrogen) atoms. The summed E-state index contributed by atoms with van der Waals surface area (Å²) in [6, 6.07) is 49.2. The zero-order chi connectivity index (χ0) is 44.0. The number of para-hydroxylation sites is 2. The highest BCUT2D eigenvalue weighted by atomic mass is 32.2. The molecular weight excluding hydrogens is 802 g/mol. The third-order valence-corrected chi connectivity index (χ3v) is 17.1. The summed E-state index contributed by atoms with van der Waals surface area (Å²) in [5, 5.41) is 0. The molecule has 11 rings (SSSR count). The minimum atomic E-state index is 0.0275. The summed E-state index contributed by atoms with van der Waals surface area (Å²) in [6.07, 6.45) is 2.35. The molecule has 0 unspecified atom stereocenters. The summed E-state index contributed by atoms with van der Waals surface area (Å²) in [5.41, 5.74) is 19.7. The number of thiophene rings is 1. The molecule has 1 aliphatic carbocycles.